The summed E-state index contributed by atoms with van der Waals surface area (Å²) < 4.78 is 5.48. The lowest BCUT2D eigenvalue weighted by atomic mass is 10.1. The van der Waals surface area contributed by atoms with E-state index in [2.05, 4.69) is 36.4 Å². The summed E-state index contributed by atoms with van der Waals surface area (Å²) in [6, 6.07) is 12.9. The van der Waals surface area contributed by atoms with Crippen molar-refractivity contribution < 1.29 is 4.74 Å². The van der Waals surface area contributed by atoms with Crippen molar-refractivity contribution in [1.82, 2.24) is 0 Å². The van der Waals surface area contributed by atoms with Gasteiger partial charge in [0.25, 0.3) is 0 Å². The zero-order chi connectivity index (χ0) is 9.54. The van der Waals surface area contributed by atoms with Crippen molar-refractivity contribution in [2.75, 3.05) is 7.11 Å². The van der Waals surface area contributed by atoms with Crippen LogP contribution in [-0.4, -0.2) is 7.11 Å². The minimum Gasteiger partial charge on any atom is -0.376 e. The molecule has 70 valence electrons. The molecule has 1 atom stereocenters. The predicted molar refractivity (Wildman–Crippen MR) is 57.4 cm³/mol. The van der Waals surface area contributed by atoms with Crippen LogP contribution in [0.5, 0.6) is 0 Å². The summed E-state index contributed by atoms with van der Waals surface area (Å²) in [6.45, 7) is 0. The van der Waals surface area contributed by atoms with E-state index in [-0.39, 0.29) is 6.10 Å². The molecule has 1 aliphatic carbocycles. The second-order valence-corrected chi connectivity index (χ2v) is 3.79. The van der Waals surface area contributed by atoms with Gasteiger partial charge in [0.15, 0.2) is 0 Å². The van der Waals surface area contributed by atoms with Gasteiger partial charge in [-0.2, -0.15) is 0 Å². The summed E-state index contributed by atoms with van der Waals surface area (Å²) in [5, 5.41) is 2.74. The fourth-order valence-corrected chi connectivity index (χ4v) is 2.41. The first-order chi connectivity index (χ1) is 6.90. The highest BCUT2D eigenvalue weighted by atomic mass is 16.5. The molecule has 0 aromatic heterocycles. The Labute approximate surface area is 83.3 Å². The monoisotopic (exact) mass is 184 g/mol. The normalized spacial score (nSPS) is 19.1. The molecule has 0 heterocycles. The summed E-state index contributed by atoms with van der Waals surface area (Å²) in [6.07, 6.45) is 1.28. The average Bonchev–Trinajstić information content (AvgIpc) is 2.60. The molecular formula is C13H12O. The van der Waals surface area contributed by atoms with Crippen molar-refractivity contribution in [2.45, 2.75) is 12.5 Å². The van der Waals surface area contributed by atoms with Crippen molar-refractivity contribution in [3.8, 4) is 0 Å². The van der Waals surface area contributed by atoms with E-state index < -0.39 is 0 Å². The molecule has 3 rings (SSSR count). The Balaban J connectivity index is 2.38. The van der Waals surface area contributed by atoms with Crippen LogP contribution < -0.4 is 0 Å². The Morgan fingerprint density at radius 1 is 1.14 bits per heavy atom. The van der Waals surface area contributed by atoms with E-state index in [1.54, 1.807) is 7.11 Å². The van der Waals surface area contributed by atoms with Gasteiger partial charge in [-0.25, -0.2) is 0 Å². The van der Waals surface area contributed by atoms with Gasteiger partial charge in [-0.15, -0.1) is 0 Å². The molecule has 0 radical (unpaired) electrons. The van der Waals surface area contributed by atoms with Crippen molar-refractivity contribution in [2.24, 2.45) is 0 Å². The first-order valence-corrected chi connectivity index (χ1v) is 4.93. The zero-order valence-corrected chi connectivity index (χ0v) is 8.16. The fraction of sp³-hybridized carbons (Fsp3) is 0.231. The maximum atomic E-state index is 5.48. The van der Waals surface area contributed by atoms with E-state index >= 15 is 0 Å². The summed E-state index contributed by atoms with van der Waals surface area (Å²) in [5.74, 6) is 0. The SMILES string of the molecule is COC1Cc2cccc3cccc1c23. The number of hydrogen-bond donors (Lipinski definition) is 0. The molecule has 1 nitrogen and oxygen atoms in total. The maximum absolute atomic E-state index is 5.48. The third-order valence-corrected chi connectivity index (χ3v) is 3.06. The molecule has 0 amide bonds. The first kappa shape index (κ1) is 8.01. The lowest BCUT2D eigenvalue weighted by Crippen LogP contribution is -1.97. The Morgan fingerprint density at radius 3 is 2.71 bits per heavy atom. The van der Waals surface area contributed by atoms with Crippen molar-refractivity contribution in [3.05, 3.63) is 47.5 Å². The highest BCUT2D eigenvalue weighted by Gasteiger charge is 2.23. The van der Waals surface area contributed by atoms with Gasteiger partial charge in [0.2, 0.25) is 0 Å². The van der Waals surface area contributed by atoms with E-state index in [9.17, 15) is 0 Å². The molecule has 0 saturated carbocycles. The highest BCUT2D eigenvalue weighted by molar-refractivity contribution is 5.91. The number of benzene rings is 2. The molecule has 0 spiro atoms. The van der Waals surface area contributed by atoms with Gasteiger partial charge in [-0.3, -0.25) is 0 Å². The van der Waals surface area contributed by atoms with Gasteiger partial charge in [0.1, 0.15) is 0 Å². The molecular weight excluding hydrogens is 172 g/mol. The number of methoxy groups -OCH3 is 1. The molecule has 0 bridgehead atoms. The van der Waals surface area contributed by atoms with Crippen LogP contribution in [0.25, 0.3) is 10.8 Å². The van der Waals surface area contributed by atoms with Crippen LogP contribution in [0.15, 0.2) is 36.4 Å². The van der Waals surface area contributed by atoms with Crippen LogP contribution in [0.3, 0.4) is 0 Å². The Hall–Kier alpha value is -1.34. The molecule has 0 aliphatic heterocycles. The summed E-state index contributed by atoms with van der Waals surface area (Å²) in [4.78, 5) is 0. The van der Waals surface area contributed by atoms with E-state index in [0.717, 1.165) is 6.42 Å². The van der Waals surface area contributed by atoms with Gasteiger partial charge in [0, 0.05) is 13.5 Å². The molecule has 1 heteroatoms. The number of ether oxygens (including phenoxy) is 1. The Kier molecular flexibility index (Phi) is 1.62. The third-order valence-electron chi connectivity index (χ3n) is 3.06. The second-order valence-electron chi connectivity index (χ2n) is 3.79. The molecule has 0 N–H and O–H groups in total. The summed E-state index contributed by atoms with van der Waals surface area (Å²) in [5.41, 5.74) is 2.77. The van der Waals surface area contributed by atoms with Crippen LogP contribution in [-0.2, 0) is 11.2 Å². The summed E-state index contributed by atoms with van der Waals surface area (Å²) >= 11 is 0. The Morgan fingerprint density at radius 2 is 1.93 bits per heavy atom. The number of rotatable bonds is 1. The molecule has 2 aromatic carbocycles. The van der Waals surface area contributed by atoms with E-state index in [4.69, 9.17) is 4.74 Å². The van der Waals surface area contributed by atoms with E-state index in [1.807, 2.05) is 0 Å². The predicted octanol–water partition coefficient (Wildman–Crippen LogP) is 3.08. The van der Waals surface area contributed by atoms with Gasteiger partial charge in [0.05, 0.1) is 6.10 Å². The van der Waals surface area contributed by atoms with Gasteiger partial charge in [-0.1, -0.05) is 36.4 Å². The highest BCUT2D eigenvalue weighted by Crippen LogP contribution is 2.38. The largest absolute Gasteiger partial charge is 0.376 e. The standard InChI is InChI=1S/C13H12O/c1-14-12-8-10-6-2-4-9-5-3-7-11(12)13(9)10/h2-7,12H,8H2,1H3. The van der Waals surface area contributed by atoms with E-state index in [1.165, 1.54) is 21.9 Å². The van der Waals surface area contributed by atoms with Crippen LogP contribution in [0, 0.1) is 0 Å². The minimum absolute atomic E-state index is 0.260. The van der Waals surface area contributed by atoms with Crippen LogP contribution in [0.4, 0.5) is 0 Å². The first-order valence-electron chi connectivity index (χ1n) is 4.93. The number of hydrogen-bond acceptors (Lipinski definition) is 1. The zero-order valence-electron chi connectivity index (χ0n) is 8.16. The molecule has 2 aromatic rings. The quantitative estimate of drug-likeness (QED) is 0.661. The van der Waals surface area contributed by atoms with Crippen molar-refractivity contribution >= 4 is 10.8 Å². The molecule has 1 unspecified atom stereocenters. The van der Waals surface area contributed by atoms with Crippen molar-refractivity contribution in [3.63, 3.8) is 0 Å². The molecule has 14 heavy (non-hydrogen) atoms. The fourth-order valence-electron chi connectivity index (χ4n) is 2.41. The third kappa shape index (κ3) is 0.933. The molecule has 1 aliphatic rings. The topological polar surface area (TPSA) is 9.23 Å². The lowest BCUT2D eigenvalue weighted by Gasteiger charge is -2.08. The van der Waals surface area contributed by atoms with Crippen LogP contribution in [0.1, 0.15) is 17.2 Å². The van der Waals surface area contributed by atoms with Crippen LogP contribution >= 0.6 is 0 Å². The second kappa shape index (κ2) is 2.82. The lowest BCUT2D eigenvalue weighted by molar-refractivity contribution is 0.109. The van der Waals surface area contributed by atoms with E-state index in [0.29, 0.717) is 0 Å². The van der Waals surface area contributed by atoms with Crippen LogP contribution in [0.2, 0.25) is 0 Å². The van der Waals surface area contributed by atoms with Crippen molar-refractivity contribution in [1.29, 1.82) is 0 Å². The van der Waals surface area contributed by atoms with Gasteiger partial charge >= 0.3 is 0 Å². The molecule has 0 saturated heterocycles. The Bertz CT molecular complexity index is 482. The maximum Gasteiger partial charge on any atom is 0.0867 e. The van der Waals surface area contributed by atoms with Gasteiger partial charge < -0.3 is 4.74 Å². The molecule has 0 fully saturated rings. The smallest absolute Gasteiger partial charge is 0.0867 e. The van der Waals surface area contributed by atoms with Gasteiger partial charge in [-0.05, 0) is 21.9 Å². The average molecular weight is 184 g/mol. The summed E-state index contributed by atoms with van der Waals surface area (Å²) in [7, 11) is 1.79. The minimum atomic E-state index is 0.260.